The van der Waals surface area contributed by atoms with Crippen LogP contribution in [0.2, 0.25) is 0 Å². The maximum absolute atomic E-state index is 14.0. The van der Waals surface area contributed by atoms with Crippen molar-refractivity contribution < 1.29 is 74.6 Å². The van der Waals surface area contributed by atoms with Crippen molar-refractivity contribution in [2.45, 2.75) is 31.3 Å². The zero-order valence-corrected chi connectivity index (χ0v) is 34.2. The molecule has 0 amide bonds. The Bertz CT molecular complexity index is 3090. The van der Waals surface area contributed by atoms with Gasteiger partial charge in [0, 0.05) is 0 Å². The van der Waals surface area contributed by atoms with Gasteiger partial charge in [-0.3, -0.25) is 0 Å². The lowest BCUT2D eigenvalue weighted by Gasteiger charge is -2.22. The first-order valence-electron chi connectivity index (χ1n) is 19.7. The summed E-state index contributed by atoms with van der Waals surface area (Å²) in [6.45, 7) is -5.86. The first-order chi connectivity index (χ1) is 31.4. The number of hydrogen-bond acceptors (Lipinski definition) is 18. The van der Waals surface area contributed by atoms with E-state index in [-0.39, 0.29) is 32.9 Å². The summed E-state index contributed by atoms with van der Waals surface area (Å²) in [5.74, 6) is -5.49. The molecular weight excluding hydrogens is 870 g/mol. The number of nitrogens with zero attached hydrogens (tertiary/aromatic N) is 3. The Hall–Kier alpha value is -8.40. The average molecular weight is 910 g/mol. The zero-order chi connectivity index (χ0) is 47.6. The Kier molecular flexibility index (Phi) is 13.0. The van der Waals surface area contributed by atoms with Gasteiger partial charge in [0.1, 0.15) is 89.3 Å². The Morgan fingerprint density at radius 3 is 1.12 bits per heavy atom. The van der Waals surface area contributed by atoms with E-state index in [4.69, 9.17) is 14.2 Å². The van der Waals surface area contributed by atoms with Gasteiger partial charge < -0.3 is 60.2 Å². The van der Waals surface area contributed by atoms with E-state index < -0.39 is 116 Å². The van der Waals surface area contributed by atoms with Crippen molar-refractivity contribution >= 4 is 50.2 Å². The largest absolute Gasteiger partial charge is 0.508 e. The predicted molar refractivity (Wildman–Crippen MR) is 230 cm³/mol. The highest BCUT2D eigenvalue weighted by atomic mass is 16.5. The summed E-state index contributed by atoms with van der Waals surface area (Å²) in [6.07, 6.45) is -3.76. The third kappa shape index (κ3) is 9.57. The van der Waals surface area contributed by atoms with Crippen LogP contribution in [0.4, 0.5) is 0 Å². The number of phenolic OH excluding ortho intramolecular Hbond substituents is 6. The van der Waals surface area contributed by atoms with Crippen molar-refractivity contribution in [3.63, 3.8) is 0 Å². The standard InChI is InChI=1S/C45H39N3O18/c49-18-28(19-64-40(58)34-10-25-7-29(50)4-1-22(25)13-37(34)55)48-44(62)46(16-32(53)20-65-41(59)35-11-26-8-30(51)5-2-23(26)14-38(35)56)43(61)47(45(48)63)17-33(54)21-66-42(60)36-12-27-9-31(52)6-3-24(27)15-39(36)57/h1-15,28,32-33,49-57H,16-21H2. The topological polar surface area (TPSA) is 327 Å². The van der Waals surface area contributed by atoms with Crippen molar-refractivity contribution in [3.8, 4) is 34.5 Å². The van der Waals surface area contributed by atoms with Gasteiger partial charge in [-0.2, -0.15) is 0 Å². The minimum absolute atomic E-state index is 0.134. The minimum Gasteiger partial charge on any atom is -0.508 e. The van der Waals surface area contributed by atoms with E-state index >= 15 is 0 Å². The summed E-state index contributed by atoms with van der Waals surface area (Å²) in [7, 11) is 0. The highest BCUT2D eigenvalue weighted by Crippen LogP contribution is 2.31. The monoisotopic (exact) mass is 909 g/mol. The maximum atomic E-state index is 14.0. The van der Waals surface area contributed by atoms with E-state index in [0.29, 0.717) is 41.5 Å². The van der Waals surface area contributed by atoms with Crippen LogP contribution in [0.3, 0.4) is 0 Å². The molecule has 0 aliphatic heterocycles. The van der Waals surface area contributed by atoms with Gasteiger partial charge in [0.2, 0.25) is 0 Å². The number of phenols is 6. The number of ether oxygens (including phenoxy) is 3. The number of aliphatic hydroxyl groups excluding tert-OH is 3. The summed E-state index contributed by atoms with van der Waals surface area (Å²) in [6, 6.07) is 18.0. The van der Waals surface area contributed by atoms with Crippen LogP contribution in [0, 0.1) is 0 Å². The molecule has 0 aliphatic carbocycles. The van der Waals surface area contributed by atoms with Crippen LogP contribution >= 0.6 is 0 Å². The molecule has 0 fully saturated rings. The third-order valence-electron chi connectivity index (χ3n) is 10.4. The predicted octanol–water partition coefficient (Wildman–Crippen LogP) is 1.69. The molecule has 3 unspecified atom stereocenters. The van der Waals surface area contributed by atoms with Gasteiger partial charge in [-0.25, -0.2) is 42.5 Å². The van der Waals surface area contributed by atoms with Gasteiger partial charge in [0.25, 0.3) is 0 Å². The Labute approximate surface area is 369 Å². The first-order valence-corrected chi connectivity index (χ1v) is 19.7. The van der Waals surface area contributed by atoms with Gasteiger partial charge in [-0.15, -0.1) is 0 Å². The Morgan fingerprint density at radius 1 is 0.455 bits per heavy atom. The number of esters is 3. The molecule has 0 spiro atoms. The van der Waals surface area contributed by atoms with Crippen molar-refractivity contribution in [2.24, 2.45) is 0 Å². The number of rotatable bonds is 15. The second-order valence-corrected chi connectivity index (χ2v) is 15.1. The summed E-state index contributed by atoms with van der Waals surface area (Å²) in [5, 5.41) is 95.8. The Morgan fingerprint density at radius 2 is 0.788 bits per heavy atom. The molecule has 1 aromatic heterocycles. The molecular formula is C45H39N3O18. The maximum Gasteiger partial charge on any atom is 0.342 e. The summed E-state index contributed by atoms with van der Waals surface area (Å²) in [4.78, 5) is 80.9. The van der Waals surface area contributed by atoms with Crippen LogP contribution in [0.15, 0.2) is 105 Å². The minimum atomic E-state index is -1.88. The molecule has 0 bridgehead atoms. The van der Waals surface area contributed by atoms with Crippen molar-refractivity contribution in [3.05, 3.63) is 139 Å². The molecule has 1 heterocycles. The molecule has 21 heteroatoms. The fourth-order valence-electron chi connectivity index (χ4n) is 7.07. The van der Waals surface area contributed by atoms with Gasteiger partial charge >= 0.3 is 35.0 Å². The van der Waals surface area contributed by atoms with Crippen LogP contribution in [0.25, 0.3) is 32.3 Å². The lowest BCUT2D eigenvalue weighted by Crippen LogP contribution is -2.58. The zero-order valence-electron chi connectivity index (χ0n) is 34.2. The van der Waals surface area contributed by atoms with Crippen molar-refractivity contribution in [1.29, 1.82) is 0 Å². The molecule has 66 heavy (non-hydrogen) atoms. The van der Waals surface area contributed by atoms with E-state index in [2.05, 4.69) is 0 Å². The molecule has 0 saturated heterocycles. The molecule has 7 rings (SSSR count). The summed E-state index contributed by atoms with van der Waals surface area (Å²) >= 11 is 0. The molecule has 7 aromatic rings. The number of fused-ring (bicyclic) bond motifs is 3. The van der Waals surface area contributed by atoms with Crippen molar-refractivity contribution in [1.82, 2.24) is 13.7 Å². The third-order valence-corrected chi connectivity index (χ3v) is 10.4. The van der Waals surface area contributed by atoms with Crippen molar-refractivity contribution in [2.75, 3.05) is 26.4 Å². The number of hydrogen-bond donors (Lipinski definition) is 9. The van der Waals surface area contributed by atoms with E-state index in [1.807, 2.05) is 0 Å². The number of aromatic nitrogens is 3. The lowest BCUT2D eigenvalue weighted by molar-refractivity contribution is 0.0176. The van der Waals surface area contributed by atoms with Gasteiger partial charge in [0.15, 0.2) is 0 Å². The molecule has 3 atom stereocenters. The second kappa shape index (κ2) is 18.8. The molecule has 0 aliphatic rings. The summed E-state index contributed by atoms with van der Waals surface area (Å²) < 4.78 is 16.4. The molecule has 6 aromatic carbocycles. The average Bonchev–Trinajstić information content (AvgIpc) is 3.28. The van der Waals surface area contributed by atoms with Crippen LogP contribution in [-0.2, 0) is 27.3 Å². The SMILES string of the molecule is O=C(OCC(O)Cn1c(=O)n(CC(O)COC(=O)c2cc3cc(O)ccc3cc2O)c(=O)n(C(CO)COC(=O)c2cc3cc(O)ccc3cc2O)c1=O)c1cc2cc(O)ccc2cc1O. The quantitative estimate of drug-likeness (QED) is 0.0522. The highest BCUT2D eigenvalue weighted by Gasteiger charge is 2.27. The molecule has 0 saturated carbocycles. The van der Waals surface area contributed by atoms with E-state index in [1.165, 1.54) is 91.0 Å². The van der Waals surface area contributed by atoms with Crippen LogP contribution < -0.4 is 17.1 Å². The fraction of sp³-hybridized carbons (Fsp3) is 0.200. The molecule has 0 radical (unpaired) electrons. The lowest BCUT2D eigenvalue weighted by atomic mass is 10.1. The molecule has 342 valence electrons. The molecule has 9 N–H and O–H groups in total. The smallest absolute Gasteiger partial charge is 0.342 e. The van der Waals surface area contributed by atoms with Crippen LogP contribution in [0.5, 0.6) is 34.5 Å². The number of aliphatic hydroxyl groups is 3. The Balaban J connectivity index is 1.15. The van der Waals surface area contributed by atoms with Gasteiger partial charge in [-0.1, -0.05) is 18.2 Å². The van der Waals surface area contributed by atoms with Crippen LogP contribution in [0.1, 0.15) is 37.1 Å². The van der Waals surface area contributed by atoms with E-state index in [1.54, 1.807) is 0 Å². The number of carbonyl (C=O) groups excluding carboxylic acids is 3. The first kappa shape index (κ1) is 45.6. The van der Waals surface area contributed by atoms with Gasteiger partial charge in [0.05, 0.1) is 19.7 Å². The number of benzene rings is 6. The highest BCUT2D eigenvalue weighted by molar-refractivity contribution is 6.00. The second-order valence-electron chi connectivity index (χ2n) is 15.1. The van der Waals surface area contributed by atoms with Crippen LogP contribution in [-0.4, -0.2) is 116 Å². The number of carbonyl (C=O) groups is 3. The summed E-state index contributed by atoms with van der Waals surface area (Å²) in [5.41, 5.74) is -5.54. The van der Waals surface area contributed by atoms with Gasteiger partial charge in [-0.05, 0) is 105 Å². The van der Waals surface area contributed by atoms with E-state index in [9.17, 15) is 74.7 Å². The normalized spacial score (nSPS) is 12.8. The molecule has 21 nitrogen and oxygen atoms in total. The van der Waals surface area contributed by atoms with E-state index in [0.717, 1.165) is 0 Å². The fourth-order valence-corrected chi connectivity index (χ4v) is 7.07. The number of aromatic hydroxyl groups is 6.